The Morgan fingerprint density at radius 1 is 1.39 bits per heavy atom. The molecule has 94 valence electrons. The molecule has 2 rings (SSSR count). The third-order valence-corrected chi connectivity index (χ3v) is 3.31. The zero-order valence-electron chi connectivity index (χ0n) is 10.00. The zero-order valence-corrected chi connectivity index (χ0v) is 12.3. The Hall–Kier alpha value is -1.26. The summed E-state index contributed by atoms with van der Waals surface area (Å²) in [7, 11) is 1.83. The molecule has 5 heteroatoms. The van der Waals surface area contributed by atoms with Crippen LogP contribution in [0.1, 0.15) is 16.1 Å². The average Bonchev–Trinajstić information content (AvgIpc) is 2.62. The van der Waals surface area contributed by atoms with Crippen molar-refractivity contribution >= 4 is 39.1 Å². The maximum Gasteiger partial charge on any atom is 0.272 e. The molecule has 0 bridgehead atoms. The van der Waals surface area contributed by atoms with Gasteiger partial charge in [-0.15, -0.1) is 0 Å². The van der Waals surface area contributed by atoms with Gasteiger partial charge in [0.15, 0.2) is 0 Å². The van der Waals surface area contributed by atoms with Crippen molar-refractivity contribution in [3.8, 4) is 0 Å². The Labute approximate surface area is 119 Å². The van der Waals surface area contributed by atoms with Crippen molar-refractivity contribution in [3.05, 3.63) is 51.2 Å². The highest BCUT2D eigenvalue weighted by molar-refractivity contribution is 9.10. The number of halogens is 2. The summed E-state index contributed by atoms with van der Waals surface area (Å²) in [6.45, 7) is 1.91. The van der Waals surface area contributed by atoms with Crippen molar-refractivity contribution in [3.63, 3.8) is 0 Å². The van der Waals surface area contributed by atoms with Gasteiger partial charge in [0.25, 0.3) is 5.91 Å². The van der Waals surface area contributed by atoms with E-state index in [1.54, 1.807) is 22.8 Å². The van der Waals surface area contributed by atoms with Crippen molar-refractivity contribution in [2.75, 3.05) is 5.32 Å². The molecule has 3 nitrogen and oxygen atoms in total. The van der Waals surface area contributed by atoms with Crippen molar-refractivity contribution < 1.29 is 4.79 Å². The fraction of sp³-hybridized carbons (Fsp3) is 0.154. The molecule has 0 saturated carbocycles. The van der Waals surface area contributed by atoms with Gasteiger partial charge in [0, 0.05) is 28.4 Å². The van der Waals surface area contributed by atoms with E-state index in [1.807, 2.05) is 26.2 Å². The SMILES string of the molecule is Cc1cc(Cl)ccc1NC(=O)c1cc(Br)cn1C. The number of aryl methyl sites for hydroxylation is 2. The highest BCUT2D eigenvalue weighted by atomic mass is 79.9. The number of amides is 1. The van der Waals surface area contributed by atoms with Crippen LogP contribution in [0, 0.1) is 6.92 Å². The van der Waals surface area contributed by atoms with Crippen LogP contribution in [0.2, 0.25) is 5.02 Å². The normalized spacial score (nSPS) is 10.4. The van der Waals surface area contributed by atoms with Crippen LogP contribution in [0.3, 0.4) is 0 Å². The van der Waals surface area contributed by atoms with Crippen LogP contribution in [-0.2, 0) is 7.05 Å². The minimum atomic E-state index is -0.145. The van der Waals surface area contributed by atoms with Crippen molar-refractivity contribution in [2.45, 2.75) is 6.92 Å². The molecule has 1 heterocycles. The summed E-state index contributed by atoms with van der Waals surface area (Å²) in [5.74, 6) is -0.145. The summed E-state index contributed by atoms with van der Waals surface area (Å²) in [6.07, 6.45) is 1.84. The molecule has 1 aromatic heterocycles. The van der Waals surface area contributed by atoms with E-state index in [4.69, 9.17) is 11.6 Å². The molecule has 0 atom stereocenters. The first kappa shape index (κ1) is 13.2. The van der Waals surface area contributed by atoms with Crippen LogP contribution in [-0.4, -0.2) is 10.5 Å². The lowest BCUT2D eigenvalue weighted by molar-refractivity contribution is 0.101. The summed E-state index contributed by atoms with van der Waals surface area (Å²) >= 11 is 9.22. The highest BCUT2D eigenvalue weighted by Gasteiger charge is 2.12. The van der Waals surface area contributed by atoms with E-state index >= 15 is 0 Å². The molecule has 0 radical (unpaired) electrons. The van der Waals surface area contributed by atoms with Gasteiger partial charge in [-0.25, -0.2) is 0 Å². The predicted octanol–water partition coefficient (Wildman–Crippen LogP) is 4.00. The number of hydrogen-bond donors (Lipinski definition) is 1. The monoisotopic (exact) mass is 326 g/mol. The van der Waals surface area contributed by atoms with E-state index in [0.717, 1.165) is 15.7 Å². The molecule has 1 aromatic carbocycles. The Bertz CT molecular complexity index is 607. The van der Waals surface area contributed by atoms with Gasteiger partial charge in [0.05, 0.1) is 0 Å². The number of nitrogens with one attached hydrogen (secondary N) is 1. The summed E-state index contributed by atoms with van der Waals surface area (Å²) in [4.78, 5) is 12.1. The van der Waals surface area contributed by atoms with E-state index in [0.29, 0.717) is 10.7 Å². The number of carbonyl (C=O) groups excluding carboxylic acids is 1. The van der Waals surface area contributed by atoms with Crippen LogP contribution in [0.15, 0.2) is 34.9 Å². The van der Waals surface area contributed by atoms with Gasteiger partial charge in [-0.05, 0) is 52.7 Å². The quantitative estimate of drug-likeness (QED) is 0.888. The maximum absolute atomic E-state index is 12.1. The summed E-state index contributed by atoms with van der Waals surface area (Å²) < 4.78 is 2.65. The number of hydrogen-bond acceptors (Lipinski definition) is 1. The average molecular weight is 328 g/mol. The van der Waals surface area contributed by atoms with Gasteiger partial charge >= 0.3 is 0 Å². The van der Waals surface area contributed by atoms with Crippen LogP contribution in [0.25, 0.3) is 0 Å². The largest absolute Gasteiger partial charge is 0.345 e. The Morgan fingerprint density at radius 2 is 2.11 bits per heavy atom. The smallest absolute Gasteiger partial charge is 0.272 e. The minimum absolute atomic E-state index is 0.145. The second-order valence-corrected chi connectivity index (χ2v) is 5.42. The molecule has 0 saturated heterocycles. The lowest BCUT2D eigenvalue weighted by Crippen LogP contribution is -2.15. The zero-order chi connectivity index (χ0) is 13.3. The van der Waals surface area contributed by atoms with Crippen LogP contribution in [0.4, 0.5) is 5.69 Å². The first-order valence-corrected chi connectivity index (χ1v) is 6.54. The predicted molar refractivity (Wildman–Crippen MR) is 77.3 cm³/mol. The van der Waals surface area contributed by atoms with E-state index in [9.17, 15) is 4.79 Å². The molecule has 0 fully saturated rings. The second kappa shape index (κ2) is 5.16. The second-order valence-electron chi connectivity index (χ2n) is 4.07. The van der Waals surface area contributed by atoms with Gasteiger partial charge in [0.1, 0.15) is 5.69 Å². The molecule has 2 aromatic rings. The maximum atomic E-state index is 12.1. The molecule has 0 aliphatic rings. The van der Waals surface area contributed by atoms with Gasteiger partial charge < -0.3 is 9.88 Å². The Morgan fingerprint density at radius 3 is 2.67 bits per heavy atom. The number of aromatic nitrogens is 1. The molecule has 0 unspecified atom stereocenters. The molecule has 0 aliphatic carbocycles. The highest BCUT2D eigenvalue weighted by Crippen LogP contribution is 2.21. The summed E-state index contributed by atoms with van der Waals surface area (Å²) in [5, 5.41) is 3.53. The third-order valence-electron chi connectivity index (χ3n) is 2.64. The number of benzene rings is 1. The minimum Gasteiger partial charge on any atom is -0.345 e. The first-order valence-electron chi connectivity index (χ1n) is 5.37. The van der Waals surface area contributed by atoms with Gasteiger partial charge in [0.2, 0.25) is 0 Å². The number of carbonyl (C=O) groups is 1. The van der Waals surface area contributed by atoms with E-state index in [1.165, 1.54) is 0 Å². The molecule has 1 N–H and O–H groups in total. The molecular formula is C13H12BrClN2O. The molecule has 18 heavy (non-hydrogen) atoms. The fourth-order valence-electron chi connectivity index (χ4n) is 1.70. The summed E-state index contributed by atoms with van der Waals surface area (Å²) in [5.41, 5.74) is 2.29. The Balaban J connectivity index is 2.24. The third kappa shape index (κ3) is 2.76. The number of rotatable bonds is 2. The van der Waals surface area contributed by atoms with Gasteiger partial charge in [-0.3, -0.25) is 4.79 Å². The molecule has 0 aliphatic heterocycles. The van der Waals surface area contributed by atoms with Crippen LogP contribution in [0.5, 0.6) is 0 Å². The first-order chi connectivity index (χ1) is 8.47. The van der Waals surface area contributed by atoms with Gasteiger partial charge in [-0.1, -0.05) is 11.6 Å². The van der Waals surface area contributed by atoms with E-state index in [2.05, 4.69) is 21.2 Å². The lowest BCUT2D eigenvalue weighted by Gasteiger charge is -2.09. The topological polar surface area (TPSA) is 34.0 Å². The van der Waals surface area contributed by atoms with E-state index < -0.39 is 0 Å². The molecular weight excluding hydrogens is 316 g/mol. The van der Waals surface area contributed by atoms with Crippen LogP contribution >= 0.6 is 27.5 Å². The summed E-state index contributed by atoms with van der Waals surface area (Å²) in [6, 6.07) is 7.15. The number of nitrogens with zero attached hydrogens (tertiary/aromatic N) is 1. The molecule has 0 spiro atoms. The van der Waals surface area contributed by atoms with E-state index in [-0.39, 0.29) is 5.91 Å². The van der Waals surface area contributed by atoms with Gasteiger partial charge in [-0.2, -0.15) is 0 Å². The van der Waals surface area contributed by atoms with Crippen molar-refractivity contribution in [1.82, 2.24) is 4.57 Å². The molecule has 1 amide bonds. The fourth-order valence-corrected chi connectivity index (χ4v) is 2.45. The Kier molecular flexibility index (Phi) is 3.78. The van der Waals surface area contributed by atoms with Crippen molar-refractivity contribution in [2.24, 2.45) is 7.05 Å². The lowest BCUT2D eigenvalue weighted by atomic mass is 10.2. The number of anilines is 1. The van der Waals surface area contributed by atoms with Crippen molar-refractivity contribution in [1.29, 1.82) is 0 Å². The standard InChI is InChI=1S/C13H12BrClN2O/c1-8-5-10(15)3-4-11(8)16-13(18)12-6-9(14)7-17(12)2/h3-7H,1-2H3,(H,16,18). The van der Waals surface area contributed by atoms with Crippen LogP contribution < -0.4 is 5.32 Å².